The van der Waals surface area contributed by atoms with Crippen molar-refractivity contribution < 1.29 is 14.2 Å². The predicted octanol–water partition coefficient (Wildman–Crippen LogP) is 3.13. The number of methoxy groups -OCH3 is 1. The van der Waals surface area contributed by atoms with Gasteiger partial charge >= 0.3 is 0 Å². The number of ether oxygens (including phenoxy) is 1. The van der Waals surface area contributed by atoms with E-state index in [2.05, 4.69) is 11.0 Å². The van der Waals surface area contributed by atoms with Crippen molar-refractivity contribution in [2.45, 2.75) is 19.4 Å². The Kier molecular flexibility index (Phi) is 5.55. The molecule has 0 aromatic heterocycles. The van der Waals surface area contributed by atoms with E-state index in [1.807, 2.05) is 12.1 Å². The van der Waals surface area contributed by atoms with Gasteiger partial charge in [-0.15, -0.1) is 0 Å². The molecule has 0 saturated carbocycles. The van der Waals surface area contributed by atoms with E-state index < -0.39 is 0 Å². The molecule has 4 nitrogen and oxygen atoms in total. The first kappa shape index (κ1) is 18.4. The number of hydrogen-bond acceptors (Lipinski definition) is 4. The molecular formula is C21H23FN2O2. The molecule has 1 unspecified atom stereocenters. The number of halogens is 1. The second-order valence-corrected chi connectivity index (χ2v) is 7.06. The Labute approximate surface area is 153 Å². The fourth-order valence-corrected chi connectivity index (χ4v) is 3.74. The quantitative estimate of drug-likeness (QED) is 0.866. The van der Waals surface area contributed by atoms with Crippen molar-refractivity contribution in [3.8, 4) is 11.8 Å². The predicted molar refractivity (Wildman–Crippen MR) is 97.2 cm³/mol. The van der Waals surface area contributed by atoms with E-state index in [9.17, 15) is 9.50 Å². The lowest BCUT2D eigenvalue weighted by Gasteiger charge is -2.27. The zero-order valence-electron chi connectivity index (χ0n) is 14.9. The summed E-state index contributed by atoms with van der Waals surface area (Å²) in [6.07, 6.45) is 1.59. The Bertz CT molecular complexity index is 801. The maximum absolute atomic E-state index is 13.1. The van der Waals surface area contributed by atoms with Gasteiger partial charge in [0.1, 0.15) is 11.6 Å². The molecule has 5 heteroatoms. The van der Waals surface area contributed by atoms with E-state index in [1.165, 1.54) is 12.1 Å². The molecule has 2 aromatic rings. The molecule has 1 N–H and O–H groups in total. The maximum atomic E-state index is 13.1. The standard InChI is InChI=1S/C21H23FN2O2/c1-26-20-7-4-17(12-23)10-18(20)13-24-9-8-21(14-24,15-25)11-16-2-5-19(22)6-3-16/h2-7,10,25H,8-9,11,13-15H2,1H3. The van der Waals surface area contributed by atoms with Crippen LogP contribution in [0.15, 0.2) is 42.5 Å². The van der Waals surface area contributed by atoms with Gasteiger partial charge in [-0.05, 0) is 55.3 Å². The summed E-state index contributed by atoms with van der Waals surface area (Å²) >= 11 is 0. The fourth-order valence-electron chi connectivity index (χ4n) is 3.74. The maximum Gasteiger partial charge on any atom is 0.123 e. The van der Waals surface area contributed by atoms with Gasteiger partial charge in [-0.25, -0.2) is 4.39 Å². The summed E-state index contributed by atoms with van der Waals surface area (Å²) in [5.74, 6) is 0.522. The van der Waals surface area contributed by atoms with Crippen LogP contribution in [0.2, 0.25) is 0 Å². The molecule has 1 fully saturated rings. The Hall–Kier alpha value is -2.42. The van der Waals surface area contributed by atoms with Gasteiger partial charge in [0.25, 0.3) is 0 Å². The van der Waals surface area contributed by atoms with Crippen molar-refractivity contribution in [3.05, 3.63) is 65.0 Å². The van der Waals surface area contributed by atoms with Gasteiger partial charge in [0, 0.05) is 24.1 Å². The third kappa shape index (κ3) is 4.04. The third-order valence-electron chi connectivity index (χ3n) is 5.15. The van der Waals surface area contributed by atoms with Gasteiger partial charge < -0.3 is 9.84 Å². The minimum atomic E-state index is -0.246. The van der Waals surface area contributed by atoms with E-state index in [0.717, 1.165) is 42.8 Å². The second kappa shape index (κ2) is 7.86. The van der Waals surface area contributed by atoms with Gasteiger partial charge in [0.15, 0.2) is 0 Å². The van der Waals surface area contributed by atoms with Crippen LogP contribution in [0.3, 0.4) is 0 Å². The number of benzene rings is 2. The lowest BCUT2D eigenvalue weighted by Crippen LogP contribution is -2.32. The van der Waals surface area contributed by atoms with E-state index in [-0.39, 0.29) is 17.8 Å². The van der Waals surface area contributed by atoms with Crippen LogP contribution in [-0.2, 0) is 13.0 Å². The third-order valence-corrected chi connectivity index (χ3v) is 5.15. The number of nitrogens with zero attached hydrogens (tertiary/aromatic N) is 2. The number of aliphatic hydroxyl groups is 1. The zero-order chi connectivity index (χ0) is 18.6. The van der Waals surface area contributed by atoms with Crippen molar-refractivity contribution in [3.63, 3.8) is 0 Å². The summed E-state index contributed by atoms with van der Waals surface area (Å²) in [5, 5.41) is 19.2. The second-order valence-electron chi connectivity index (χ2n) is 7.06. The average Bonchev–Trinajstić information content (AvgIpc) is 3.06. The van der Waals surface area contributed by atoms with Crippen LogP contribution >= 0.6 is 0 Å². The largest absolute Gasteiger partial charge is 0.496 e. The Morgan fingerprint density at radius 2 is 2.04 bits per heavy atom. The number of rotatable bonds is 6. The summed E-state index contributed by atoms with van der Waals surface area (Å²) in [6.45, 7) is 2.38. The minimum Gasteiger partial charge on any atom is -0.496 e. The van der Waals surface area contributed by atoms with E-state index in [0.29, 0.717) is 12.1 Å². The Balaban J connectivity index is 1.72. The lowest BCUT2D eigenvalue weighted by atomic mass is 9.81. The van der Waals surface area contributed by atoms with Gasteiger partial charge in [0.05, 0.1) is 25.3 Å². The molecule has 3 rings (SSSR count). The summed E-state index contributed by atoms with van der Waals surface area (Å²) in [5.41, 5.74) is 2.39. The minimum absolute atomic E-state index is 0.0935. The molecule has 2 aromatic carbocycles. The van der Waals surface area contributed by atoms with Crippen LogP contribution in [0.4, 0.5) is 4.39 Å². The molecule has 136 valence electrons. The first-order valence-corrected chi connectivity index (χ1v) is 8.72. The van der Waals surface area contributed by atoms with Crippen molar-refractivity contribution in [2.75, 3.05) is 26.8 Å². The number of likely N-dealkylation sites (tertiary alicyclic amines) is 1. The molecule has 1 aliphatic rings. The van der Waals surface area contributed by atoms with Crippen LogP contribution < -0.4 is 4.74 Å². The Morgan fingerprint density at radius 1 is 1.27 bits per heavy atom. The molecule has 26 heavy (non-hydrogen) atoms. The fraction of sp³-hybridized carbons (Fsp3) is 0.381. The van der Waals surface area contributed by atoms with E-state index in [4.69, 9.17) is 10.00 Å². The molecule has 1 aliphatic heterocycles. The summed E-state index contributed by atoms with van der Waals surface area (Å²) in [4.78, 5) is 2.28. The van der Waals surface area contributed by atoms with Crippen molar-refractivity contribution in [2.24, 2.45) is 5.41 Å². The molecule has 1 saturated heterocycles. The summed E-state index contributed by atoms with van der Waals surface area (Å²) < 4.78 is 18.5. The van der Waals surface area contributed by atoms with Crippen LogP contribution in [0, 0.1) is 22.6 Å². The van der Waals surface area contributed by atoms with Crippen LogP contribution in [0.25, 0.3) is 0 Å². The van der Waals surface area contributed by atoms with Crippen LogP contribution in [-0.4, -0.2) is 36.8 Å². The van der Waals surface area contributed by atoms with Gasteiger partial charge in [-0.1, -0.05) is 12.1 Å². The molecule has 0 radical (unpaired) electrons. The van der Waals surface area contributed by atoms with Crippen molar-refractivity contribution >= 4 is 0 Å². The first-order chi connectivity index (χ1) is 12.6. The summed E-state index contributed by atoms with van der Waals surface area (Å²) in [6, 6.07) is 14.1. The molecule has 1 heterocycles. The van der Waals surface area contributed by atoms with Crippen LogP contribution in [0.5, 0.6) is 5.75 Å². The molecule has 0 amide bonds. The molecule has 0 spiro atoms. The SMILES string of the molecule is COc1ccc(C#N)cc1CN1CCC(CO)(Cc2ccc(F)cc2)C1. The van der Waals surface area contributed by atoms with Crippen molar-refractivity contribution in [1.29, 1.82) is 5.26 Å². The topological polar surface area (TPSA) is 56.5 Å². The molecule has 1 atom stereocenters. The zero-order valence-corrected chi connectivity index (χ0v) is 14.9. The molecule has 0 aliphatic carbocycles. The van der Waals surface area contributed by atoms with Gasteiger partial charge in [0.2, 0.25) is 0 Å². The number of hydrogen-bond donors (Lipinski definition) is 1. The average molecular weight is 354 g/mol. The smallest absolute Gasteiger partial charge is 0.123 e. The first-order valence-electron chi connectivity index (χ1n) is 8.72. The summed E-state index contributed by atoms with van der Waals surface area (Å²) in [7, 11) is 1.63. The monoisotopic (exact) mass is 354 g/mol. The molecule has 0 bridgehead atoms. The highest BCUT2D eigenvalue weighted by atomic mass is 19.1. The van der Waals surface area contributed by atoms with Gasteiger partial charge in [-0.2, -0.15) is 5.26 Å². The van der Waals surface area contributed by atoms with E-state index >= 15 is 0 Å². The number of aliphatic hydroxyl groups excluding tert-OH is 1. The number of nitriles is 1. The van der Waals surface area contributed by atoms with Crippen molar-refractivity contribution in [1.82, 2.24) is 4.90 Å². The Morgan fingerprint density at radius 3 is 2.69 bits per heavy atom. The van der Waals surface area contributed by atoms with Gasteiger partial charge in [-0.3, -0.25) is 4.90 Å². The normalized spacial score (nSPS) is 20.1. The molecular weight excluding hydrogens is 331 g/mol. The van der Waals surface area contributed by atoms with E-state index in [1.54, 1.807) is 25.3 Å². The lowest BCUT2D eigenvalue weighted by molar-refractivity contribution is 0.126. The highest BCUT2D eigenvalue weighted by molar-refractivity contribution is 5.42. The van der Waals surface area contributed by atoms with Crippen LogP contribution in [0.1, 0.15) is 23.1 Å². The highest BCUT2D eigenvalue weighted by Crippen LogP contribution is 2.35. The highest BCUT2D eigenvalue weighted by Gasteiger charge is 2.37.